The van der Waals surface area contributed by atoms with Crippen molar-refractivity contribution in [2.45, 2.75) is 45.9 Å². The van der Waals surface area contributed by atoms with Crippen LogP contribution in [0.1, 0.15) is 48.7 Å². The number of pyridine rings is 1. The number of carbonyl (C=O) groups excluding carboxylic acids is 1. The second-order valence-corrected chi connectivity index (χ2v) is 9.12. The fourth-order valence-electron chi connectivity index (χ4n) is 3.92. The first-order valence-corrected chi connectivity index (χ1v) is 11.3. The molecule has 0 aliphatic carbocycles. The molecule has 7 heteroatoms. The highest BCUT2D eigenvalue weighted by Crippen LogP contribution is 2.39. The van der Waals surface area contributed by atoms with Gasteiger partial charge in [0, 0.05) is 17.8 Å². The molecule has 0 N–H and O–H groups in total. The van der Waals surface area contributed by atoms with Crippen LogP contribution in [0.25, 0.3) is 11.3 Å². The molecule has 0 spiro atoms. The molecule has 0 fully saturated rings. The van der Waals surface area contributed by atoms with Gasteiger partial charge in [-0.1, -0.05) is 48.9 Å². The lowest BCUT2D eigenvalue weighted by Crippen LogP contribution is -2.52. The van der Waals surface area contributed by atoms with Gasteiger partial charge < -0.3 is 14.5 Å². The summed E-state index contributed by atoms with van der Waals surface area (Å²) in [6, 6.07) is 15.1. The maximum atomic E-state index is 12.7. The number of carbonyl (C=O) groups is 1. The Labute approximate surface area is 198 Å². The summed E-state index contributed by atoms with van der Waals surface area (Å²) >= 11 is 6.59. The minimum Gasteiger partial charge on any atom is -0.487 e. The minimum absolute atomic E-state index is 0.00415. The molecule has 6 nitrogen and oxygen atoms in total. The molecule has 0 radical (unpaired) electrons. The van der Waals surface area contributed by atoms with Gasteiger partial charge in [0.2, 0.25) is 0 Å². The molecule has 0 saturated carbocycles. The standard InChI is InChI=1S/C26H27ClN2O4/c1-5-26(2,3)29-14-18-11-24(33-16-17-9-7-6-8-10-17)21(27)12-19(18)22-13-23(30)20(15-28(22)29)25(31)32-4/h6-13,15H,5,14,16H2,1-4H3. The summed E-state index contributed by atoms with van der Waals surface area (Å²) in [5.74, 6) is -0.0615. The molecule has 2 heterocycles. The lowest BCUT2D eigenvalue weighted by atomic mass is 9.95. The normalized spacial score (nSPS) is 12.7. The van der Waals surface area contributed by atoms with Crippen molar-refractivity contribution in [3.05, 3.63) is 86.7 Å². The molecule has 0 unspecified atom stereocenters. The second-order valence-electron chi connectivity index (χ2n) is 8.71. The Morgan fingerprint density at radius 2 is 1.88 bits per heavy atom. The summed E-state index contributed by atoms with van der Waals surface area (Å²) in [4.78, 5) is 24.9. The smallest absolute Gasteiger partial charge is 0.343 e. The van der Waals surface area contributed by atoms with Crippen molar-refractivity contribution in [2.24, 2.45) is 0 Å². The lowest BCUT2D eigenvalue weighted by Gasteiger charge is -2.45. The van der Waals surface area contributed by atoms with Crippen molar-refractivity contribution in [3.8, 4) is 17.0 Å². The largest absolute Gasteiger partial charge is 0.487 e. The summed E-state index contributed by atoms with van der Waals surface area (Å²) in [7, 11) is 1.27. The van der Waals surface area contributed by atoms with Gasteiger partial charge in [0.05, 0.1) is 29.9 Å². The fourth-order valence-corrected chi connectivity index (χ4v) is 4.14. The van der Waals surface area contributed by atoms with Crippen molar-refractivity contribution >= 4 is 17.6 Å². The van der Waals surface area contributed by atoms with Gasteiger partial charge in [0.15, 0.2) is 5.43 Å². The summed E-state index contributed by atoms with van der Waals surface area (Å²) in [6.07, 6.45) is 2.42. The number of esters is 1. The summed E-state index contributed by atoms with van der Waals surface area (Å²) in [5.41, 5.74) is 2.91. The highest BCUT2D eigenvalue weighted by atomic mass is 35.5. The molecule has 0 bridgehead atoms. The van der Waals surface area contributed by atoms with E-state index in [4.69, 9.17) is 21.1 Å². The lowest BCUT2D eigenvalue weighted by molar-refractivity contribution is 0.0598. The van der Waals surface area contributed by atoms with Gasteiger partial charge in [-0.2, -0.15) is 0 Å². The van der Waals surface area contributed by atoms with Crippen molar-refractivity contribution in [2.75, 3.05) is 12.1 Å². The molecule has 172 valence electrons. The minimum atomic E-state index is -0.655. The number of hydrogen-bond donors (Lipinski definition) is 0. The molecule has 0 saturated heterocycles. The molecule has 4 rings (SSSR count). The molecule has 1 aliphatic heterocycles. The van der Waals surface area contributed by atoms with E-state index in [0.29, 0.717) is 29.6 Å². The van der Waals surface area contributed by atoms with Crippen LogP contribution in [-0.4, -0.2) is 23.3 Å². The Kier molecular flexibility index (Phi) is 6.21. The van der Waals surface area contributed by atoms with Crippen LogP contribution in [-0.2, 0) is 17.9 Å². The van der Waals surface area contributed by atoms with Crippen LogP contribution in [0.15, 0.2) is 59.5 Å². The first-order chi connectivity index (χ1) is 15.7. The van der Waals surface area contributed by atoms with E-state index in [9.17, 15) is 9.59 Å². The molecule has 1 aromatic heterocycles. The molecule has 33 heavy (non-hydrogen) atoms. The number of rotatable bonds is 6. The Morgan fingerprint density at radius 3 is 2.55 bits per heavy atom. The van der Waals surface area contributed by atoms with Crippen LogP contribution in [0.3, 0.4) is 0 Å². The number of hydrogen-bond acceptors (Lipinski definition) is 5. The number of aromatic nitrogens is 1. The van der Waals surface area contributed by atoms with Crippen LogP contribution in [0, 0.1) is 0 Å². The highest BCUT2D eigenvalue weighted by Gasteiger charge is 2.33. The third kappa shape index (κ3) is 4.35. The first kappa shape index (κ1) is 22.9. The Balaban J connectivity index is 1.81. The van der Waals surface area contributed by atoms with Crippen LogP contribution >= 0.6 is 11.6 Å². The first-order valence-electron chi connectivity index (χ1n) is 10.9. The maximum Gasteiger partial charge on any atom is 0.343 e. The Bertz CT molecular complexity index is 1250. The van der Waals surface area contributed by atoms with Crippen molar-refractivity contribution in [1.82, 2.24) is 4.68 Å². The topological polar surface area (TPSA) is 60.8 Å². The maximum absolute atomic E-state index is 12.7. The van der Waals surface area contributed by atoms with Crippen molar-refractivity contribution in [3.63, 3.8) is 0 Å². The number of ether oxygens (including phenoxy) is 2. The number of benzene rings is 2. The predicted octanol–water partition coefficient (Wildman–Crippen LogP) is 5.17. The zero-order chi connectivity index (χ0) is 23.8. The molecule has 3 aromatic rings. The molecule has 2 aromatic carbocycles. The van der Waals surface area contributed by atoms with E-state index in [0.717, 1.165) is 23.1 Å². The van der Waals surface area contributed by atoms with Crippen LogP contribution in [0.2, 0.25) is 5.02 Å². The summed E-state index contributed by atoms with van der Waals surface area (Å²) in [5, 5.41) is 2.61. The SMILES string of the molecule is CCC(C)(C)N1Cc2cc(OCc3ccccc3)c(Cl)cc2-c2cc(=O)c(C(=O)OC)cn21. The van der Waals surface area contributed by atoms with Gasteiger partial charge in [-0.25, -0.2) is 4.79 Å². The van der Waals surface area contributed by atoms with Crippen LogP contribution < -0.4 is 15.2 Å². The van der Waals surface area contributed by atoms with Crippen molar-refractivity contribution in [1.29, 1.82) is 0 Å². The third-order valence-electron chi connectivity index (χ3n) is 6.25. The molecule has 0 atom stereocenters. The van der Waals surface area contributed by atoms with E-state index >= 15 is 0 Å². The summed E-state index contributed by atoms with van der Waals surface area (Å²) < 4.78 is 12.7. The quantitative estimate of drug-likeness (QED) is 0.469. The van der Waals surface area contributed by atoms with Gasteiger partial charge in [-0.05, 0) is 43.5 Å². The Morgan fingerprint density at radius 1 is 1.15 bits per heavy atom. The number of nitrogens with zero attached hydrogens (tertiary/aromatic N) is 2. The zero-order valence-corrected chi connectivity index (χ0v) is 20.0. The van der Waals surface area contributed by atoms with Crippen LogP contribution in [0.5, 0.6) is 5.75 Å². The number of methoxy groups -OCH3 is 1. The fraction of sp³-hybridized carbons (Fsp3) is 0.308. The monoisotopic (exact) mass is 466 g/mol. The van der Waals surface area contributed by atoms with E-state index in [1.807, 2.05) is 47.1 Å². The van der Waals surface area contributed by atoms with E-state index in [1.54, 1.807) is 6.20 Å². The summed E-state index contributed by atoms with van der Waals surface area (Å²) in [6.45, 7) is 7.32. The van der Waals surface area contributed by atoms with Gasteiger partial charge in [-0.3, -0.25) is 9.47 Å². The van der Waals surface area contributed by atoms with Crippen molar-refractivity contribution < 1.29 is 14.3 Å². The average Bonchev–Trinajstić information content (AvgIpc) is 2.82. The molecular weight excluding hydrogens is 440 g/mol. The molecule has 1 aliphatic rings. The number of fused-ring (bicyclic) bond motifs is 3. The van der Waals surface area contributed by atoms with Crippen LogP contribution in [0.4, 0.5) is 0 Å². The van der Waals surface area contributed by atoms with E-state index in [-0.39, 0.29) is 11.1 Å². The number of halogens is 1. The van der Waals surface area contributed by atoms with E-state index < -0.39 is 11.4 Å². The third-order valence-corrected chi connectivity index (χ3v) is 6.55. The zero-order valence-electron chi connectivity index (χ0n) is 19.2. The van der Waals surface area contributed by atoms with E-state index in [2.05, 4.69) is 25.8 Å². The Hall–Kier alpha value is -3.25. The molecule has 0 amide bonds. The average molecular weight is 467 g/mol. The highest BCUT2D eigenvalue weighted by molar-refractivity contribution is 6.32. The molecular formula is C26H27ClN2O4. The van der Waals surface area contributed by atoms with Gasteiger partial charge in [0.1, 0.15) is 17.9 Å². The predicted molar refractivity (Wildman–Crippen MR) is 130 cm³/mol. The van der Waals surface area contributed by atoms with E-state index in [1.165, 1.54) is 13.2 Å². The second kappa shape index (κ2) is 8.94. The van der Waals surface area contributed by atoms with Gasteiger partial charge in [0.25, 0.3) is 0 Å². The van der Waals surface area contributed by atoms with Gasteiger partial charge in [-0.15, -0.1) is 0 Å². The van der Waals surface area contributed by atoms with Gasteiger partial charge >= 0.3 is 5.97 Å².